The molecule has 0 spiro atoms. The van der Waals surface area contributed by atoms with Crippen LogP contribution in [0.3, 0.4) is 0 Å². The summed E-state index contributed by atoms with van der Waals surface area (Å²) in [6.07, 6.45) is 2.76. The van der Waals surface area contributed by atoms with Crippen molar-refractivity contribution in [3.8, 4) is 0 Å². The summed E-state index contributed by atoms with van der Waals surface area (Å²) in [5.41, 5.74) is 4.69. The SMILES string of the molecule is Cc1cnc(NN)nc1NCCCN(C)c1ccccc1. The highest BCUT2D eigenvalue weighted by atomic mass is 15.3. The molecular formula is C15H22N6. The highest BCUT2D eigenvalue weighted by Gasteiger charge is 2.03. The standard InChI is InChI=1S/C15H22N6/c1-12-11-18-15(20-16)19-14(12)17-9-6-10-21(2)13-7-4-3-5-8-13/h3-5,7-8,11H,6,9-10,16H2,1-2H3,(H2,17,18,19,20). The van der Waals surface area contributed by atoms with Crippen molar-refractivity contribution in [2.75, 3.05) is 35.8 Å². The molecule has 0 aliphatic heterocycles. The van der Waals surface area contributed by atoms with Crippen LogP contribution in [0, 0.1) is 6.92 Å². The summed E-state index contributed by atoms with van der Waals surface area (Å²) in [4.78, 5) is 10.6. The lowest BCUT2D eigenvalue weighted by Gasteiger charge is -2.19. The van der Waals surface area contributed by atoms with Crippen molar-refractivity contribution >= 4 is 17.5 Å². The van der Waals surface area contributed by atoms with E-state index < -0.39 is 0 Å². The van der Waals surface area contributed by atoms with Gasteiger partial charge in [0.2, 0.25) is 5.95 Å². The summed E-state index contributed by atoms with van der Waals surface area (Å²) < 4.78 is 0. The van der Waals surface area contributed by atoms with E-state index in [9.17, 15) is 0 Å². The summed E-state index contributed by atoms with van der Waals surface area (Å²) in [6.45, 7) is 3.79. The molecule has 0 aliphatic rings. The van der Waals surface area contributed by atoms with Crippen LogP contribution in [-0.4, -0.2) is 30.1 Å². The molecule has 0 bridgehead atoms. The number of hydrazine groups is 1. The van der Waals surface area contributed by atoms with Crippen LogP contribution in [0.2, 0.25) is 0 Å². The first-order valence-corrected chi connectivity index (χ1v) is 7.01. The van der Waals surface area contributed by atoms with Gasteiger partial charge in [-0.2, -0.15) is 4.98 Å². The minimum atomic E-state index is 0.421. The molecule has 0 unspecified atom stereocenters. The number of para-hydroxylation sites is 1. The Morgan fingerprint density at radius 2 is 2.00 bits per heavy atom. The van der Waals surface area contributed by atoms with E-state index in [0.717, 1.165) is 30.9 Å². The van der Waals surface area contributed by atoms with Crippen LogP contribution in [0.25, 0.3) is 0 Å². The first-order valence-electron chi connectivity index (χ1n) is 7.01. The number of nitrogens with one attached hydrogen (secondary N) is 2. The molecule has 1 aromatic carbocycles. The Balaban J connectivity index is 1.80. The number of aryl methyl sites for hydroxylation is 1. The number of nitrogen functional groups attached to an aromatic ring is 1. The highest BCUT2D eigenvalue weighted by molar-refractivity contribution is 5.46. The molecule has 0 saturated heterocycles. The quantitative estimate of drug-likeness (QED) is 0.410. The van der Waals surface area contributed by atoms with Gasteiger partial charge >= 0.3 is 0 Å². The van der Waals surface area contributed by atoms with Crippen molar-refractivity contribution in [1.82, 2.24) is 9.97 Å². The minimum Gasteiger partial charge on any atom is -0.375 e. The molecule has 0 saturated carbocycles. The molecule has 0 fully saturated rings. The summed E-state index contributed by atoms with van der Waals surface area (Å²) >= 11 is 0. The monoisotopic (exact) mass is 286 g/mol. The molecule has 6 nitrogen and oxygen atoms in total. The second kappa shape index (κ2) is 7.44. The molecular weight excluding hydrogens is 264 g/mol. The molecule has 0 amide bonds. The third kappa shape index (κ3) is 4.32. The largest absolute Gasteiger partial charge is 0.375 e. The second-order valence-corrected chi connectivity index (χ2v) is 4.91. The van der Waals surface area contributed by atoms with Crippen LogP contribution in [0.5, 0.6) is 0 Å². The molecule has 6 heteroatoms. The zero-order valence-electron chi connectivity index (χ0n) is 12.5. The van der Waals surface area contributed by atoms with Gasteiger partial charge in [0.1, 0.15) is 5.82 Å². The fourth-order valence-electron chi connectivity index (χ4n) is 2.03. The maximum absolute atomic E-state index is 5.32. The van der Waals surface area contributed by atoms with Gasteiger partial charge in [0.15, 0.2) is 0 Å². The number of benzene rings is 1. The Hall–Kier alpha value is -2.34. The van der Waals surface area contributed by atoms with Gasteiger partial charge < -0.3 is 10.2 Å². The summed E-state index contributed by atoms with van der Waals surface area (Å²) in [6, 6.07) is 10.4. The van der Waals surface area contributed by atoms with Crippen LogP contribution in [0.1, 0.15) is 12.0 Å². The average molecular weight is 286 g/mol. The lowest BCUT2D eigenvalue weighted by atomic mass is 10.3. The number of anilines is 3. The normalized spacial score (nSPS) is 10.2. The van der Waals surface area contributed by atoms with Crippen molar-refractivity contribution in [2.45, 2.75) is 13.3 Å². The minimum absolute atomic E-state index is 0.421. The van der Waals surface area contributed by atoms with E-state index in [1.165, 1.54) is 5.69 Å². The topological polar surface area (TPSA) is 79.1 Å². The molecule has 0 atom stereocenters. The van der Waals surface area contributed by atoms with Crippen molar-refractivity contribution in [3.05, 3.63) is 42.1 Å². The Kier molecular flexibility index (Phi) is 5.34. The van der Waals surface area contributed by atoms with E-state index in [-0.39, 0.29) is 0 Å². The molecule has 0 radical (unpaired) electrons. The lowest BCUT2D eigenvalue weighted by molar-refractivity contribution is 0.813. The first-order chi connectivity index (χ1) is 10.2. The summed E-state index contributed by atoms with van der Waals surface area (Å²) in [5, 5.41) is 3.32. The molecule has 2 rings (SSSR count). The summed E-state index contributed by atoms with van der Waals surface area (Å²) in [7, 11) is 2.10. The van der Waals surface area contributed by atoms with Crippen LogP contribution in [0.15, 0.2) is 36.5 Å². The van der Waals surface area contributed by atoms with E-state index in [0.29, 0.717) is 5.95 Å². The number of nitrogens with zero attached hydrogens (tertiary/aromatic N) is 3. The van der Waals surface area contributed by atoms with Crippen LogP contribution in [-0.2, 0) is 0 Å². The Morgan fingerprint density at radius 3 is 2.71 bits per heavy atom. The molecule has 2 aromatic rings. The zero-order chi connectivity index (χ0) is 15.1. The number of nitrogens with two attached hydrogens (primary N) is 1. The average Bonchev–Trinajstić information content (AvgIpc) is 2.53. The number of hydrogen-bond donors (Lipinski definition) is 3. The van der Waals surface area contributed by atoms with Crippen molar-refractivity contribution in [2.24, 2.45) is 5.84 Å². The van der Waals surface area contributed by atoms with E-state index in [1.54, 1.807) is 6.20 Å². The number of rotatable bonds is 7. The van der Waals surface area contributed by atoms with Gasteiger partial charge in [0.25, 0.3) is 0 Å². The fraction of sp³-hybridized carbons (Fsp3) is 0.333. The lowest BCUT2D eigenvalue weighted by Crippen LogP contribution is -2.21. The van der Waals surface area contributed by atoms with Gasteiger partial charge in [-0.1, -0.05) is 18.2 Å². The van der Waals surface area contributed by atoms with Crippen molar-refractivity contribution in [3.63, 3.8) is 0 Å². The summed E-state index contributed by atoms with van der Waals surface area (Å²) in [5.74, 6) is 6.56. The Morgan fingerprint density at radius 1 is 1.24 bits per heavy atom. The van der Waals surface area contributed by atoms with E-state index in [2.05, 4.69) is 56.9 Å². The third-order valence-corrected chi connectivity index (χ3v) is 3.26. The van der Waals surface area contributed by atoms with Gasteiger partial charge in [-0.25, -0.2) is 10.8 Å². The zero-order valence-corrected chi connectivity index (χ0v) is 12.5. The fourth-order valence-corrected chi connectivity index (χ4v) is 2.03. The Bertz CT molecular complexity index is 557. The Labute approximate surface area is 125 Å². The predicted octanol–water partition coefficient (Wildman–Crippen LogP) is 2.01. The van der Waals surface area contributed by atoms with Crippen LogP contribution < -0.4 is 21.5 Å². The molecule has 0 aliphatic carbocycles. The van der Waals surface area contributed by atoms with Crippen molar-refractivity contribution in [1.29, 1.82) is 0 Å². The first kappa shape index (κ1) is 15.1. The molecule has 112 valence electrons. The van der Waals surface area contributed by atoms with E-state index in [4.69, 9.17) is 5.84 Å². The van der Waals surface area contributed by atoms with Crippen LogP contribution >= 0.6 is 0 Å². The third-order valence-electron chi connectivity index (χ3n) is 3.26. The molecule has 4 N–H and O–H groups in total. The van der Waals surface area contributed by atoms with E-state index >= 15 is 0 Å². The second-order valence-electron chi connectivity index (χ2n) is 4.91. The van der Waals surface area contributed by atoms with Gasteiger partial charge in [-0.3, -0.25) is 5.43 Å². The predicted molar refractivity (Wildman–Crippen MR) is 87.4 cm³/mol. The maximum atomic E-state index is 5.32. The smallest absolute Gasteiger partial charge is 0.239 e. The molecule has 21 heavy (non-hydrogen) atoms. The maximum Gasteiger partial charge on any atom is 0.239 e. The van der Waals surface area contributed by atoms with E-state index in [1.807, 2.05) is 13.0 Å². The van der Waals surface area contributed by atoms with Gasteiger partial charge in [-0.05, 0) is 25.5 Å². The van der Waals surface area contributed by atoms with Gasteiger partial charge in [0, 0.05) is 37.6 Å². The highest BCUT2D eigenvalue weighted by Crippen LogP contribution is 2.13. The molecule has 1 heterocycles. The van der Waals surface area contributed by atoms with Gasteiger partial charge in [-0.15, -0.1) is 0 Å². The number of hydrogen-bond acceptors (Lipinski definition) is 6. The number of aromatic nitrogens is 2. The van der Waals surface area contributed by atoms with Gasteiger partial charge in [0.05, 0.1) is 0 Å². The van der Waals surface area contributed by atoms with Crippen molar-refractivity contribution < 1.29 is 0 Å². The molecule has 1 aromatic heterocycles. The van der Waals surface area contributed by atoms with Crippen LogP contribution in [0.4, 0.5) is 17.5 Å².